The summed E-state index contributed by atoms with van der Waals surface area (Å²) in [5, 5.41) is 2.67. The Bertz CT molecular complexity index is 286. The average Bonchev–Trinajstić information content (AvgIpc) is 2.19. The molecular formula is C11H18BrNO4. The third-order valence-corrected chi connectivity index (χ3v) is 2.12. The van der Waals surface area contributed by atoms with Gasteiger partial charge in [-0.1, -0.05) is 28.6 Å². The second kappa shape index (κ2) is 7.32. The highest BCUT2D eigenvalue weighted by Gasteiger charge is 2.24. The van der Waals surface area contributed by atoms with Crippen LogP contribution in [0.15, 0.2) is 12.7 Å². The summed E-state index contributed by atoms with van der Waals surface area (Å²) in [6.07, 6.45) is 0.800. The van der Waals surface area contributed by atoms with Gasteiger partial charge in [-0.2, -0.15) is 0 Å². The topological polar surface area (TPSA) is 64.6 Å². The van der Waals surface area contributed by atoms with E-state index in [9.17, 15) is 9.59 Å². The minimum Gasteiger partial charge on any atom is -0.460 e. The van der Waals surface area contributed by atoms with Gasteiger partial charge in [-0.3, -0.25) is 0 Å². The van der Waals surface area contributed by atoms with Crippen LogP contribution in [0.1, 0.15) is 20.8 Å². The lowest BCUT2D eigenvalue weighted by Gasteiger charge is -2.22. The molecule has 0 heterocycles. The van der Waals surface area contributed by atoms with Crippen molar-refractivity contribution in [1.82, 2.24) is 5.32 Å². The van der Waals surface area contributed by atoms with Gasteiger partial charge in [0.1, 0.15) is 18.2 Å². The van der Waals surface area contributed by atoms with Crippen molar-refractivity contribution in [2.75, 3.05) is 11.9 Å². The van der Waals surface area contributed by atoms with E-state index in [0.717, 1.165) is 0 Å². The van der Waals surface area contributed by atoms with E-state index in [0.29, 0.717) is 0 Å². The van der Waals surface area contributed by atoms with Crippen LogP contribution in [0.2, 0.25) is 0 Å². The Morgan fingerprint density at radius 3 is 2.47 bits per heavy atom. The highest BCUT2D eigenvalue weighted by Crippen LogP contribution is 2.07. The number of nitrogens with one attached hydrogen (secondary N) is 1. The van der Waals surface area contributed by atoms with Crippen LogP contribution in [0.25, 0.3) is 0 Å². The molecule has 0 saturated carbocycles. The Morgan fingerprint density at radius 1 is 1.47 bits per heavy atom. The molecule has 0 fully saturated rings. The van der Waals surface area contributed by atoms with Crippen molar-refractivity contribution in [2.45, 2.75) is 32.4 Å². The zero-order valence-electron chi connectivity index (χ0n) is 10.3. The molecule has 0 rings (SSSR count). The van der Waals surface area contributed by atoms with Crippen LogP contribution in [0, 0.1) is 0 Å². The third kappa shape index (κ3) is 7.79. The number of amides is 1. The molecule has 1 unspecified atom stereocenters. The van der Waals surface area contributed by atoms with Crippen molar-refractivity contribution in [2.24, 2.45) is 0 Å². The van der Waals surface area contributed by atoms with Crippen molar-refractivity contribution in [3.05, 3.63) is 12.7 Å². The fraction of sp³-hybridized carbons (Fsp3) is 0.636. The Hall–Kier alpha value is -1.04. The lowest BCUT2D eigenvalue weighted by atomic mass is 10.2. The van der Waals surface area contributed by atoms with Crippen LogP contribution in [-0.4, -0.2) is 35.6 Å². The summed E-state index contributed by atoms with van der Waals surface area (Å²) in [4.78, 5) is 22.9. The fourth-order valence-electron chi connectivity index (χ4n) is 0.852. The number of hydrogen-bond acceptors (Lipinski definition) is 4. The highest BCUT2D eigenvalue weighted by atomic mass is 79.9. The molecule has 1 amide bonds. The first-order valence-corrected chi connectivity index (χ1v) is 6.25. The van der Waals surface area contributed by atoms with Gasteiger partial charge in [0.2, 0.25) is 0 Å². The van der Waals surface area contributed by atoms with E-state index in [1.807, 2.05) is 0 Å². The molecule has 0 aromatic rings. The number of carbonyl (C=O) groups is 2. The molecule has 0 aliphatic heterocycles. The Kier molecular flexibility index (Phi) is 6.87. The summed E-state index contributed by atoms with van der Waals surface area (Å²) in [6.45, 7) is 8.76. The van der Waals surface area contributed by atoms with E-state index in [-0.39, 0.29) is 11.9 Å². The van der Waals surface area contributed by atoms with E-state index in [1.54, 1.807) is 20.8 Å². The summed E-state index contributed by atoms with van der Waals surface area (Å²) in [7, 11) is 0. The number of rotatable bonds is 5. The second-order valence-corrected chi connectivity index (χ2v) is 4.92. The third-order valence-electron chi connectivity index (χ3n) is 1.47. The molecule has 1 N–H and O–H groups in total. The molecule has 0 aliphatic rings. The van der Waals surface area contributed by atoms with E-state index in [1.165, 1.54) is 6.08 Å². The first-order valence-electron chi connectivity index (χ1n) is 5.13. The minimum absolute atomic E-state index is 0.109. The molecule has 0 bridgehead atoms. The van der Waals surface area contributed by atoms with E-state index in [2.05, 4.69) is 27.8 Å². The van der Waals surface area contributed by atoms with Crippen molar-refractivity contribution in [3.63, 3.8) is 0 Å². The summed E-state index contributed by atoms with van der Waals surface area (Å²) in [6, 6.07) is -0.773. The lowest BCUT2D eigenvalue weighted by molar-refractivity contribution is -0.144. The summed E-state index contributed by atoms with van der Waals surface area (Å²) in [5.74, 6) is -0.535. The van der Waals surface area contributed by atoms with Gasteiger partial charge in [-0.05, 0) is 20.8 Å². The fourth-order valence-corrected chi connectivity index (χ4v) is 1.28. The normalized spacial score (nSPS) is 12.5. The van der Waals surface area contributed by atoms with Crippen LogP contribution in [0.4, 0.5) is 4.79 Å². The molecule has 0 aliphatic carbocycles. The Labute approximate surface area is 110 Å². The number of ether oxygens (including phenoxy) is 2. The van der Waals surface area contributed by atoms with Gasteiger partial charge in [0, 0.05) is 5.33 Å². The van der Waals surface area contributed by atoms with Crippen molar-refractivity contribution in [1.29, 1.82) is 0 Å². The van der Waals surface area contributed by atoms with Gasteiger partial charge in [0.05, 0.1) is 0 Å². The lowest BCUT2D eigenvalue weighted by Crippen LogP contribution is -2.45. The maximum absolute atomic E-state index is 11.5. The van der Waals surface area contributed by atoms with Gasteiger partial charge in [-0.25, -0.2) is 9.59 Å². The quantitative estimate of drug-likeness (QED) is 0.479. The SMILES string of the molecule is C=CCOC(=O)C(CBr)NC(=O)OC(C)(C)C. The molecule has 6 heteroatoms. The van der Waals surface area contributed by atoms with Gasteiger partial charge >= 0.3 is 12.1 Å². The average molecular weight is 308 g/mol. The van der Waals surface area contributed by atoms with Crippen LogP contribution in [-0.2, 0) is 14.3 Å². The molecule has 0 aromatic heterocycles. The number of esters is 1. The standard InChI is InChI=1S/C11H18BrNO4/c1-5-6-16-9(14)8(7-12)13-10(15)17-11(2,3)4/h5,8H,1,6-7H2,2-4H3,(H,13,15). The van der Waals surface area contributed by atoms with E-state index < -0.39 is 23.7 Å². The predicted octanol–water partition coefficient (Wildman–Crippen LogP) is 2.00. The largest absolute Gasteiger partial charge is 0.460 e. The number of halogens is 1. The smallest absolute Gasteiger partial charge is 0.408 e. The number of hydrogen-bond donors (Lipinski definition) is 1. The van der Waals surface area contributed by atoms with Gasteiger partial charge in [-0.15, -0.1) is 0 Å². The van der Waals surface area contributed by atoms with Crippen molar-refractivity contribution < 1.29 is 19.1 Å². The zero-order valence-corrected chi connectivity index (χ0v) is 11.9. The van der Waals surface area contributed by atoms with Crippen LogP contribution in [0.3, 0.4) is 0 Å². The van der Waals surface area contributed by atoms with Crippen LogP contribution >= 0.6 is 15.9 Å². The monoisotopic (exact) mass is 307 g/mol. The van der Waals surface area contributed by atoms with E-state index >= 15 is 0 Å². The maximum Gasteiger partial charge on any atom is 0.408 e. The van der Waals surface area contributed by atoms with Crippen molar-refractivity contribution in [3.8, 4) is 0 Å². The molecule has 0 saturated heterocycles. The molecule has 98 valence electrons. The van der Waals surface area contributed by atoms with Crippen LogP contribution < -0.4 is 5.32 Å². The molecule has 0 aromatic carbocycles. The van der Waals surface area contributed by atoms with Gasteiger partial charge in [0.25, 0.3) is 0 Å². The molecular weight excluding hydrogens is 290 g/mol. The second-order valence-electron chi connectivity index (χ2n) is 4.27. The van der Waals surface area contributed by atoms with E-state index in [4.69, 9.17) is 9.47 Å². The summed E-state index contributed by atoms with van der Waals surface area (Å²) < 4.78 is 9.84. The summed E-state index contributed by atoms with van der Waals surface area (Å²) in [5.41, 5.74) is -0.605. The highest BCUT2D eigenvalue weighted by molar-refractivity contribution is 9.09. The van der Waals surface area contributed by atoms with Gasteiger partial charge in [0.15, 0.2) is 0 Å². The number of alkyl carbamates (subject to hydrolysis) is 1. The first-order chi connectivity index (χ1) is 7.80. The Morgan fingerprint density at radius 2 is 2.06 bits per heavy atom. The Balaban J connectivity index is 4.25. The number of alkyl halides is 1. The van der Waals surface area contributed by atoms with Crippen molar-refractivity contribution >= 4 is 28.0 Å². The van der Waals surface area contributed by atoms with Crippen LogP contribution in [0.5, 0.6) is 0 Å². The van der Waals surface area contributed by atoms with Gasteiger partial charge < -0.3 is 14.8 Å². The predicted molar refractivity (Wildman–Crippen MR) is 68.1 cm³/mol. The molecule has 1 atom stereocenters. The number of carbonyl (C=O) groups excluding carboxylic acids is 2. The molecule has 0 radical (unpaired) electrons. The molecule has 17 heavy (non-hydrogen) atoms. The maximum atomic E-state index is 11.5. The molecule has 0 spiro atoms. The summed E-state index contributed by atoms with van der Waals surface area (Å²) >= 11 is 3.12. The zero-order chi connectivity index (χ0) is 13.5. The molecule has 5 nitrogen and oxygen atoms in total. The first kappa shape index (κ1) is 16.0. The minimum atomic E-state index is -0.773.